The number of thiocarbonyl (C=S) groups is 1. The molecule has 2 aromatic rings. The van der Waals surface area contributed by atoms with Crippen LogP contribution < -0.4 is 20.3 Å². The lowest BCUT2D eigenvalue weighted by atomic mass is 10.0. The largest absolute Gasteiger partial charge is 0.481 e. The Bertz CT molecular complexity index is 740. The molecule has 0 amide bonds. The van der Waals surface area contributed by atoms with Crippen LogP contribution in [-0.4, -0.2) is 35.3 Å². The molecular weight excluding hydrogens is 346 g/mol. The molecule has 0 spiro atoms. The Labute approximate surface area is 160 Å². The van der Waals surface area contributed by atoms with Gasteiger partial charge in [0.15, 0.2) is 5.11 Å². The van der Waals surface area contributed by atoms with E-state index in [4.69, 9.17) is 17.0 Å². The summed E-state index contributed by atoms with van der Waals surface area (Å²) >= 11 is 5.38. The van der Waals surface area contributed by atoms with E-state index < -0.39 is 0 Å². The maximum atomic E-state index is 5.38. The summed E-state index contributed by atoms with van der Waals surface area (Å²) in [5, 5.41) is 6.73. The number of anilines is 2. The van der Waals surface area contributed by atoms with Crippen molar-refractivity contribution in [2.45, 2.75) is 26.3 Å². The third kappa shape index (κ3) is 5.05. The van der Waals surface area contributed by atoms with Gasteiger partial charge < -0.3 is 20.3 Å². The number of ether oxygens (including phenoxy) is 1. The summed E-state index contributed by atoms with van der Waals surface area (Å²) in [6, 6.07) is 12.0. The first-order valence-corrected chi connectivity index (χ1v) is 9.31. The molecule has 26 heavy (non-hydrogen) atoms. The van der Waals surface area contributed by atoms with Gasteiger partial charge in [-0.05, 0) is 36.5 Å². The lowest BCUT2D eigenvalue weighted by Crippen LogP contribution is -2.35. The number of hydrogen-bond donors (Lipinski definition) is 2. The molecule has 138 valence electrons. The third-order valence-corrected chi connectivity index (χ3v) is 4.65. The lowest BCUT2D eigenvalue weighted by molar-refractivity contribution is 0.396. The summed E-state index contributed by atoms with van der Waals surface area (Å²) in [6.07, 6.45) is 2.44. The molecule has 1 fully saturated rings. The van der Waals surface area contributed by atoms with Gasteiger partial charge in [0.25, 0.3) is 0 Å². The van der Waals surface area contributed by atoms with Crippen molar-refractivity contribution in [3.8, 4) is 5.88 Å². The highest BCUT2D eigenvalue weighted by molar-refractivity contribution is 7.80. The molecule has 0 unspecified atom stereocenters. The van der Waals surface area contributed by atoms with Gasteiger partial charge in [0.05, 0.1) is 7.11 Å². The van der Waals surface area contributed by atoms with Gasteiger partial charge in [0.1, 0.15) is 5.82 Å². The maximum Gasteiger partial charge on any atom is 0.234 e. The van der Waals surface area contributed by atoms with Crippen LogP contribution in [0.15, 0.2) is 36.4 Å². The second-order valence-corrected chi connectivity index (χ2v) is 6.99. The van der Waals surface area contributed by atoms with Crippen LogP contribution in [-0.2, 0) is 6.54 Å². The highest BCUT2D eigenvalue weighted by Gasteiger charge is 2.19. The summed E-state index contributed by atoms with van der Waals surface area (Å²) in [7, 11) is 1.61. The van der Waals surface area contributed by atoms with Crippen molar-refractivity contribution in [3.63, 3.8) is 0 Å². The molecule has 3 rings (SSSR count). The standard InChI is InChI=1S/C19H25N5OS/c1-14-7-6-10-24(13-14)16-11-17(25-2)22-18(21-16)23-19(26)20-12-15-8-4-3-5-9-15/h3-5,8-9,11,14H,6-7,10,12-13H2,1-2H3,(H2,20,21,22,23,26)/t14-/m0/s1. The summed E-state index contributed by atoms with van der Waals surface area (Å²) in [6.45, 7) is 4.91. The Kier molecular flexibility index (Phi) is 6.22. The average Bonchev–Trinajstić information content (AvgIpc) is 2.67. The Morgan fingerprint density at radius 3 is 2.85 bits per heavy atom. The summed E-state index contributed by atoms with van der Waals surface area (Å²) < 4.78 is 5.34. The van der Waals surface area contributed by atoms with Crippen LogP contribution in [0.4, 0.5) is 11.8 Å². The number of nitrogens with zero attached hydrogens (tertiary/aromatic N) is 3. The number of aromatic nitrogens is 2. The van der Waals surface area contributed by atoms with Gasteiger partial charge in [-0.1, -0.05) is 37.3 Å². The van der Waals surface area contributed by atoms with Crippen LogP contribution >= 0.6 is 12.2 Å². The van der Waals surface area contributed by atoms with E-state index in [2.05, 4.69) is 32.4 Å². The maximum absolute atomic E-state index is 5.38. The van der Waals surface area contributed by atoms with Crippen LogP contribution in [0, 0.1) is 5.92 Å². The predicted octanol–water partition coefficient (Wildman–Crippen LogP) is 3.21. The van der Waals surface area contributed by atoms with E-state index in [1.54, 1.807) is 7.11 Å². The van der Waals surface area contributed by atoms with E-state index in [9.17, 15) is 0 Å². The van der Waals surface area contributed by atoms with Gasteiger partial charge in [0.2, 0.25) is 11.8 Å². The first-order chi connectivity index (χ1) is 12.6. The molecule has 7 heteroatoms. The zero-order valence-corrected chi connectivity index (χ0v) is 16.1. The lowest BCUT2D eigenvalue weighted by Gasteiger charge is -2.32. The molecular formula is C19H25N5OS. The van der Waals surface area contributed by atoms with Crippen LogP contribution in [0.2, 0.25) is 0 Å². The summed E-state index contributed by atoms with van der Waals surface area (Å²) in [4.78, 5) is 11.3. The summed E-state index contributed by atoms with van der Waals surface area (Å²) in [5.41, 5.74) is 1.16. The highest BCUT2D eigenvalue weighted by atomic mass is 32.1. The SMILES string of the molecule is COc1cc(N2CCC[C@H](C)C2)nc(NC(=S)NCc2ccccc2)n1. The van der Waals surface area contributed by atoms with Crippen molar-refractivity contribution in [1.29, 1.82) is 0 Å². The third-order valence-electron chi connectivity index (χ3n) is 4.40. The first-order valence-electron chi connectivity index (χ1n) is 8.91. The molecule has 1 aliphatic heterocycles. The van der Waals surface area contributed by atoms with E-state index in [1.807, 2.05) is 36.4 Å². The minimum Gasteiger partial charge on any atom is -0.481 e. The molecule has 0 radical (unpaired) electrons. The minimum atomic E-state index is 0.447. The van der Waals surface area contributed by atoms with Gasteiger partial charge in [-0.3, -0.25) is 0 Å². The molecule has 0 aliphatic carbocycles. The van der Waals surface area contributed by atoms with E-state index in [-0.39, 0.29) is 0 Å². The Balaban J connectivity index is 1.66. The smallest absolute Gasteiger partial charge is 0.234 e. The van der Waals surface area contributed by atoms with Crippen molar-refractivity contribution in [2.24, 2.45) is 5.92 Å². The molecule has 6 nitrogen and oxygen atoms in total. The molecule has 1 aliphatic rings. The predicted molar refractivity (Wildman–Crippen MR) is 109 cm³/mol. The van der Waals surface area contributed by atoms with Crippen molar-refractivity contribution in [1.82, 2.24) is 15.3 Å². The number of nitrogens with one attached hydrogen (secondary N) is 2. The van der Waals surface area contributed by atoms with Gasteiger partial charge in [-0.25, -0.2) is 0 Å². The molecule has 1 aromatic heterocycles. The quantitative estimate of drug-likeness (QED) is 0.783. The first kappa shape index (κ1) is 18.4. The second-order valence-electron chi connectivity index (χ2n) is 6.58. The molecule has 1 aromatic carbocycles. The van der Waals surface area contributed by atoms with E-state index in [0.717, 1.165) is 24.5 Å². The van der Waals surface area contributed by atoms with E-state index in [1.165, 1.54) is 12.8 Å². The van der Waals surface area contributed by atoms with E-state index in [0.29, 0.717) is 29.4 Å². The fraction of sp³-hybridized carbons (Fsp3) is 0.421. The molecule has 0 bridgehead atoms. The zero-order chi connectivity index (χ0) is 18.4. The fourth-order valence-corrected chi connectivity index (χ4v) is 3.22. The van der Waals surface area contributed by atoms with Gasteiger partial charge in [-0.15, -0.1) is 0 Å². The number of hydrogen-bond acceptors (Lipinski definition) is 5. The van der Waals surface area contributed by atoms with Crippen molar-refractivity contribution >= 4 is 29.1 Å². The Hall–Kier alpha value is -2.41. The van der Waals surface area contributed by atoms with Crippen LogP contribution in [0.3, 0.4) is 0 Å². The second kappa shape index (κ2) is 8.80. The molecule has 2 heterocycles. The number of rotatable bonds is 5. The normalized spacial score (nSPS) is 16.8. The van der Waals surface area contributed by atoms with Crippen LogP contribution in [0.25, 0.3) is 0 Å². The van der Waals surface area contributed by atoms with Gasteiger partial charge in [0, 0.05) is 25.7 Å². The molecule has 2 N–H and O–H groups in total. The van der Waals surface area contributed by atoms with Crippen molar-refractivity contribution in [2.75, 3.05) is 30.4 Å². The van der Waals surface area contributed by atoms with Gasteiger partial charge in [-0.2, -0.15) is 9.97 Å². The topological polar surface area (TPSA) is 62.3 Å². The van der Waals surface area contributed by atoms with Crippen LogP contribution in [0.1, 0.15) is 25.3 Å². The highest BCUT2D eigenvalue weighted by Crippen LogP contribution is 2.25. The molecule has 1 atom stereocenters. The number of benzene rings is 1. The number of piperidine rings is 1. The van der Waals surface area contributed by atoms with Crippen molar-refractivity contribution < 1.29 is 4.74 Å². The van der Waals surface area contributed by atoms with Gasteiger partial charge >= 0.3 is 0 Å². The van der Waals surface area contributed by atoms with Crippen LogP contribution in [0.5, 0.6) is 5.88 Å². The average molecular weight is 372 g/mol. The zero-order valence-electron chi connectivity index (χ0n) is 15.2. The Morgan fingerprint density at radius 2 is 2.12 bits per heavy atom. The van der Waals surface area contributed by atoms with E-state index >= 15 is 0 Å². The van der Waals surface area contributed by atoms with Crippen molar-refractivity contribution in [3.05, 3.63) is 42.0 Å². The summed E-state index contributed by atoms with van der Waals surface area (Å²) in [5.74, 6) is 2.51. The minimum absolute atomic E-state index is 0.447. The molecule has 0 saturated carbocycles. The number of methoxy groups -OCH3 is 1. The fourth-order valence-electron chi connectivity index (χ4n) is 3.06. The monoisotopic (exact) mass is 371 g/mol. The molecule has 1 saturated heterocycles. The Morgan fingerprint density at radius 1 is 1.31 bits per heavy atom.